The van der Waals surface area contributed by atoms with Gasteiger partial charge in [0.2, 0.25) is 5.91 Å². The smallest absolute Gasteiger partial charge is 0.237 e. The Labute approximate surface area is 147 Å². The lowest BCUT2D eigenvalue weighted by atomic mass is 10.1. The van der Waals surface area contributed by atoms with Crippen LogP contribution in [0, 0.1) is 6.92 Å². The fourth-order valence-corrected chi connectivity index (χ4v) is 3.12. The molecule has 1 fully saturated rings. The van der Waals surface area contributed by atoms with Gasteiger partial charge in [0.05, 0.1) is 13.1 Å². The molecule has 128 valence electrons. The van der Waals surface area contributed by atoms with Gasteiger partial charge in [0.1, 0.15) is 11.5 Å². The monoisotopic (exact) mass is 346 g/mol. The van der Waals surface area contributed by atoms with Gasteiger partial charge in [-0.1, -0.05) is 29.8 Å². The van der Waals surface area contributed by atoms with E-state index < -0.39 is 0 Å². The van der Waals surface area contributed by atoms with Gasteiger partial charge in [-0.2, -0.15) is 0 Å². The van der Waals surface area contributed by atoms with Crippen LogP contribution in [0.25, 0.3) is 0 Å². The zero-order chi connectivity index (χ0) is 17.1. The maximum absolute atomic E-state index is 12.6. The molecule has 1 amide bonds. The van der Waals surface area contributed by atoms with Gasteiger partial charge in [-0.15, -0.1) is 0 Å². The minimum absolute atomic E-state index is 0.0227. The molecular formula is C19H23ClN2O2. The van der Waals surface area contributed by atoms with Crippen molar-refractivity contribution in [3.8, 4) is 0 Å². The van der Waals surface area contributed by atoms with Crippen molar-refractivity contribution in [3.63, 3.8) is 0 Å². The standard InChI is InChI=1S/C19H23ClN2O2/c1-13-7-10-16(24-13)12-22(15-8-9-15)19(23)11-21-14(2)17-5-3-4-6-18(17)20/h3-7,10,14-15,21H,8-9,11-12H2,1-2H3. The number of amides is 1. The number of benzene rings is 1. The molecule has 0 spiro atoms. The van der Waals surface area contributed by atoms with Crippen molar-refractivity contribution in [1.29, 1.82) is 0 Å². The molecule has 0 radical (unpaired) electrons. The Hall–Kier alpha value is -1.78. The lowest BCUT2D eigenvalue weighted by Crippen LogP contribution is -2.39. The molecule has 2 aromatic rings. The van der Waals surface area contributed by atoms with Crippen LogP contribution in [0.1, 0.15) is 42.9 Å². The lowest BCUT2D eigenvalue weighted by Gasteiger charge is -2.23. The fourth-order valence-electron chi connectivity index (χ4n) is 2.82. The number of rotatable bonds is 7. The topological polar surface area (TPSA) is 45.5 Å². The van der Waals surface area contributed by atoms with E-state index in [9.17, 15) is 4.79 Å². The van der Waals surface area contributed by atoms with E-state index in [1.807, 2.05) is 55.1 Å². The molecule has 24 heavy (non-hydrogen) atoms. The molecule has 1 saturated carbocycles. The molecule has 1 atom stereocenters. The van der Waals surface area contributed by atoms with Crippen LogP contribution in [-0.4, -0.2) is 23.4 Å². The van der Waals surface area contributed by atoms with Crippen LogP contribution >= 0.6 is 11.6 Å². The zero-order valence-corrected chi connectivity index (χ0v) is 14.8. The van der Waals surface area contributed by atoms with Crippen molar-refractivity contribution >= 4 is 17.5 Å². The Morgan fingerprint density at radius 3 is 2.71 bits per heavy atom. The summed E-state index contributed by atoms with van der Waals surface area (Å²) in [6.45, 7) is 4.77. The van der Waals surface area contributed by atoms with Crippen molar-refractivity contribution in [3.05, 3.63) is 58.5 Å². The first kappa shape index (κ1) is 17.1. The first-order valence-electron chi connectivity index (χ1n) is 8.37. The SMILES string of the molecule is Cc1ccc(CN(C(=O)CNC(C)c2ccccc2Cl)C2CC2)o1. The van der Waals surface area contributed by atoms with Crippen LogP contribution in [0.4, 0.5) is 0 Å². The van der Waals surface area contributed by atoms with Gasteiger partial charge in [-0.3, -0.25) is 4.79 Å². The van der Waals surface area contributed by atoms with Crippen molar-refractivity contribution in [2.75, 3.05) is 6.54 Å². The number of nitrogens with one attached hydrogen (secondary N) is 1. The van der Waals surface area contributed by atoms with Gasteiger partial charge < -0.3 is 14.6 Å². The van der Waals surface area contributed by atoms with Crippen LogP contribution in [0.3, 0.4) is 0 Å². The van der Waals surface area contributed by atoms with Crippen LogP contribution in [0.2, 0.25) is 5.02 Å². The number of hydrogen-bond donors (Lipinski definition) is 1. The van der Waals surface area contributed by atoms with E-state index in [1.54, 1.807) is 0 Å². The van der Waals surface area contributed by atoms with Gasteiger partial charge in [-0.05, 0) is 50.5 Å². The molecule has 1 unspecified atom stereocenters. The number of hydrogen-bond acceptors (Lipinski definition) is 3. The van der Waals surface area contributed by atoms with Crippen molar-refractivity contribution < 1.29 is 9.21 Å². The molecule has 1 N–H and O–H groups in total. The first-order valence-corrected chi connectivity index (χ1v) is 8.75. The second-order valence-corrected chi connectivity index (χ2v) is 6.80. The molecule has 4 nitrogen and oxygen atoms in total. The third kappa shape index (κ3) is 4.19. The summed E-state index contributed by atoms with van der Waals surface area (Å²) in [5.74, 6) is 1.82. The number of carbonyl (C=O) groups excluding carboxylic acids is 1. The van der Waals surface area contributed by atoms with Gasteiger partial charge in [0, 0.05) is 17.1 Å². The third-order valence-corrected chi connectivity index (χ3v) is 4.71. The normalized spacial score (nSPS) is 15.3. The molecule has 1 aromatic heterocycles. The van der Waals surface area contributed by atoms with Crippen molar-refractivity contribution in [2.24, 2.45) is 0 Å². The second-order valence-electron chi connectivity index (χ2n) is 6.39. The quantitative estimate of drug-likeness (QED) is 0.821. The maximum Gasteiger partial charge on any atom is 0.237 e. The second kappa shape index (κ2) is 7.41. The maximum atomic E-state index is 12.6. The highest BCUT2D eigenvalue weighted by molar-refractivity contribution is 6.31. The van der Waals surface area contributed by atoms with Gasteiger partial charge in [0.15, 0.2) is 0 Å². The first-order chi connectivity index (χ1) is 11.5. The molecule has 1 aliphatic carbocycles. The van der Waals surface area contributed by atoms with Crippen LogP contribution in [0.5, 0.6) is 0 Å². The fraction of sp³-hybridized carbons (Fsp3) is 0.421. The van der Waals surface area contributed by atoms with E-state index in [-0.39, 0.29) is 11.9 Å². The number of furan rings is 1. The van der Waals surface area contributed by atoms with Gasteiger partial charge >= 0.3 is 0 Å². The molecule has 0 saturated heterocycles. The van der Waals surface area contributed by atoms with Crippen molar-refractivity contribution in [1.82, 2.24) is 10.2 Å². The summed E-state index contributed by atoms with van der Waals surface area (Å²) in [4.78, 5) is 14.6. The predicted octanol–water partition coefficient (Wildman–Crippen LogP) is 4.08. The van der Waals surface area contributed by atoms with Crippen LogP contribution in [0.15, 0.2) is 40.8 Å². The Morgan fingerprint density at radius 2 is 2.08 bits per heavy atom. The summed E-state index contributed by atoms with van der Waals surface area (Å²) in [5, 5.41) is 4.01. The minimum Gasteiger partial charge on any atom is -0.464 e. The minimum atomic E-state index is 0.0227. The third-order valence-electron chi connectivity index (χ3n) is 4.36. The summed E-state index contributed by atoms with van der Waals surface area (Å²) < 4.78 is 5.62. The Morgan fingerprint density at radius 1 is 1.33 bits per heavy atom. The van der Waals surface area contributed by atoms with E-state index in [1.165, 1.54) is 0 Å². The van der Waals surface area contributed by atoms with Crippen molar-refractivity contribution in [2.45, 2.75) is 45.3 Å². The summed E-state index contributed by atoms with van der Waals surface area (Å²) >= 11 is 6.22. The summed E-state index contributed by atoms with van der Waals surface area (Å²) in [6.07, 6.45) is 2.15. The van der Waals surface area contributed by atoms with E-state index >= 15 is 0 Å². The van der Waals surface area contributed by atoms with E-state index in [4.69, 9.17) is 16.0 Å². The van der Waals surface area contributed by atoms with Crippen LogP contribution < -0.4 is 5.32 Å². The summed E-state index contributed by atoms with van der Waals surface area (Å²) in [6, 6.07) is 12.0. The summed E-state index contributed by atoms with van der Waals surface area (Å²) in [5.41, 5.74) is 1.01. The number of carbonyl (C=O) groups is 1. The molecule has 3 rings (SSSR count). The lowest BCUT2D eigenvalue weighted by molar-refractivity contribution is -0.131. The average Bonchev–Trinajstić information content (AvgIpc) is 3.32. The highest BCUT2D eigenvalue weighted by Gasteiger charge is 2.33. The van der Waals surface area contributed by atoms with Gasteiger partial charge in [-0.25, -0.2) is 0 Å². The Bertz CT molecular complexity index is 709. The Balaban J connectivity index is 1.59. The molecule has 1 aromatic carbocycles. The zero-order valence-electron chi connectivity index (χ0n) is 14.1. The van der Waals surface area contributed by atoms with E-state index in [2.05, 4.69) is 5.32 Å². The molecule has 1 heterocycles. The average molecular weight is 347 g/mol. The molecule has 1 aliphatic rings. The number of aryl methyl sites for hydroxylation is 1. The van der Waals surface area contributed by atoms with E-state index in [0.29, 0.717) is 19.1 Å². The molecule has 5 heteroatoms. The van der Waals surface area contributed by atoms with Crippen LogP contribution in [-0.2, 0) is 11.3 Å². The predicted molar refractivity (Wildman–Crippen MR) is 94.9 cm³/mol. The van der Waals surface area contributed by atoms with Gasteiger partial charge in [0.25, 0.3) is 0 Å². The molecule has 0 bridgehead atoms. The highest BCUT2D eigenvalue weighted by atomic mass is 35.5. The number of nitrogens with zero attached hydrogens (tertiary/aromatic N) is 1. The Kier molecular flexibility index (Phi) is 5.27. The largest absolute Gasteiger partial charge is 0.464 e. The molecular weight excluding hydrogens is 324 g/mol. The molecule has 0 aliphatic heterocycles. The highest BCUT2D eigenvalue weighted by Crippen LogP contribution is 2.29. The number of halogens is 1. The summed E-state index contributed by atoms with van der Waals surface area (Å²) in [7, 11) is 0. The van der Waals surface area contributed by atoms with E-state index in [0.717, 1.165) is 34.9 Å².